The van der Waals surface area contributed by atoms with Crippen LogP contribution in [0.1, 0.15) is 5.56 Å². The van der Waals surface area contributed by atoms with Crippen LogP contribution in [-0.4, -0.2) is 24.6 Å². The van der Waals surface area contributed by atoms with E-state index in [1.54, 1.807) is 12.1 Å². The van der Waals surface area contributed by atoms with Gasteiger partial charge in [-0.2, -0.15) is 0 Å². The lowest BCUT2D eigenvalue weighted by Crippen LogP contribution is -2.30. The highest BCUT2D eigenvalue weighted by Gasteiger charge is 2.13. The molecule has 0 bridgehead atoms. The Morgan fingerprint density at radius 1 is 1.25 bits per heavy atom. The number of carbonyl (C=O) groups is 1. The van der Waals surface area contributed by atoms with E-state index in [9.17, 15) is 19.3 Å². The number of nitro benzene ring substituents is 1. The van der Waals surface area contributed by atoms with Gasteiger partial charge in [0.25, 0.3) is 5.69 Å². The number of anilines is 1. The van der Waals surface area contributed by atoms with Gasteiger partial charge in [0.05, 0.1) is 23.8 Å². The minimum Gasteiger partial charge on any atom is -0.494 e. The van der Waals surface area contributed by atoms with E-state index in [4.69, 9.17) is 4.74 Å². The Labute approximate surface area is 137 Å². The number of nitrogens with zero attached hydrogens (tertiary/aromatic N) is 1. The molecule has 0 aromatic heterocycles. The van der Waals surface area contributed by atoms with Crippen molar-refractivity contribution in [3.8, 4) is 5.75 Å². The number of non-ortho nitro benzene ring substituents is 1. The van der Waals surface area contributed by atoms with Gasteiger partial charge in [0.2, 0.25) is 0 Å². The molecule has 0 aliphatic heterocycles. The third-order valence-electron chi connectivity index (χ3n) is 3.26. The van der Waals surface area contributed by atoms with E-state index in [2.05, 4.69) is 10.6 Å². The van der Waals surface area contributed by atoms with E-state index in [1.165, 1.54) is 37.4 Å². The van der Waals surface area contributed by atoms with Gasteiger partial charge >= 0.3 is 6.03 Å². The summed E-state index contributed by atoms with van der Waals surface area (Å²) in [5, 5.41) is 15.9. The van der Waals surface area contributed by atoms with E-state index in [0.29, 0.717) is 18.7 Å². The van der Waals surface area contributed by atoms with Crippen LogP contribution in [0.5, 0.6) is 5.75 Å². The summed E-state index contributed by atoms with van der Waals surface area (Å²) in [6.45, 7) is 0.354. The molecule has 0 heterocycles. The van der Waals surface area contributed by atoms with Crippen LogP contribution < -0.4 is 15.4 Å². The highest BCUT2D eigenvalue weighted by Crippen LogP contribution is 2.28. The smallest absolute Gasteiger partial charge is 0.319 e. The van der Waals surface area contributed by atoms with Crippen molar-refractivity contribution >= 4 is 17.4 Å². The van der Waals surface area contributed by atoms with Crippen LogP contribution in [0.4, 0.5) is 20.6 Å². The molecule has 0 unspecified atom stereocenters. The normalized spacial score (nSPS) is 10.1. The number of amides is 2. The highest BCUT2D eigenvalue weighted by molar-refractivity contribution is 5.91. The summed E-state index contributed by atoms with van der Waals surface area (Å²) in [6.07, 6.45) is 0.547. The molecular formula is C16H16FN3O4. The number of rotatable bonds is 6. The van der Waals surface area contributed by atoms with Crippen LogP contribution in [0.2, 0.25) is 0 Å². The van der Waals surface area contributed by atoms with E-state index in [1.807, 2.05) is 0 Å². The monoisotopic (exact) mass is 333 g/mol. The van der Waals surface area contributed by atoms with Gasteiger partial charge in [0, 0.05) is 12.6 Å². The first kappa shape index (κ1) is 17.2. The van der Waals surface area contributed by atoms with Crippen LogP contribution in [0, 0.1) is 15.9 Å². The number of carbonyl (C=O) groups excluding carboxylic acids is 1. The summed E-state index contributed by atoms with van der Waals surface area (Å²) in [5.74, 6) is -0.118. The summed E-state index contributed by atoms with van der Waals surface area (Å²) in [7, 11) is 1.36. The number of urea groups is 1. The fraction of sp³-hybridized carbons (Fsp3) is 0.188. The number of ether oxygens (including phenoxy) is 1. The molecule has 0 spiro atoms. The van der Waals surface area contributed by atoms with Crippen molar-refractivity contribution < 1.29 is 18.8 Å². The Morgan fingerprint density at radius 2 is 1.96 bits per heavy atom. The lowest BCUT2D eigenvalue weighted by molar-refractivity contribution is -0.384. The molecule has 0 fully saturated rings. The molecule has 2 amide bonds. The van der Waals surface area contributed by atoms with Crippen molar-refractivity contribution in [1.82, 2.24) is 5.32 Å². The first-order valence-corrected chi connectivity index (χ1v) is 7.11. The zero-order valence-electron chi connectivity index (χ0n) is 12.9. The predicted molar refractivity (Wildman–Crippen MR) is 86.8 cm³/mol. The molecule has 7 nitrogen and oxygen atoms in total. The highest BCUT2D eigenvalue weighted by atomic mass is 19.1. The second-order valence-corrected chi connectivity index (χ2v) is 4.90. The van der Waals surface area contributed by atoms with Gasteiger partial charge in [-0.05, 0) is 30.2 Å². The molecule has 0 saturated heterocycles. The third-order valence-corrected chi connectivity index (χ3v) is 3.26. The number of methoxy groups -OCH3 is 1. The number of halogens is 1. The van der Waals surface area contributed by atoms with Gasteiger partial charge in [-0.15, -0.1) is 0 Å². The molecule has 0 aliphatic carbocycles. The zero-order chi connectivity index (χ0) is 17.5. The van der Waals surface area contributed by atoms with Crippen LogP contribution in [0.15, 0.2) is 42.5 Å². The zero-order valence-corrected chi connectivity index (χ0v) is 12.9. The maximum atomic E-state index is 12.8. The number of benzene rings is 2. The largest absolute Gasteiger partial charge is 0.494 e. The lowest BCUT2D eigenvalue weighted by atomic mass is 10.1. The van der Waals surface area contributed by atoms with Crippen LogP contribution in [0.3, 0.4) is 0 Å². The number of nitrogens with one attached hydrogen (secondary N) is 2. The minimum atomic E-state index is -0.547. The van der Waals surface area contributed by atoms with Crippen LogP contribution in [0.25, 0.3) is 0 Å². The van der Waals surface area contributed by atoms with Gasteiger partial charge in [-0.1, -0.05) is 12.1 Å². The van der Waals surface area contributed by atoms with E-state index in [-0.39, 0.29) is 17.3 Å². The molecule has 0 aliphatic rings. The molecule has 2 aromatic carbocycles. The molecule has 2 rings (SSSR count). The quantitative estimate of drug-likeness (QED) is 0.627. The summed E-state index contributed by atoms with van der Waals surface area (Å²) in [4.78, 5) is 22.1. The van der Waals surface area contributed by atoms with E-state index < -0.39 is 11.0 Å². The average molecular weight is 333 g/mol. The van der Waals surface area contributed by atoms with E-state index in [0.717, 1.165) is 5.56 Å². The Hall–Kier alpha value is -3.16. The summed E-state index contributed by atoms with van der Waals surface area (Å²) in [5.41, 5.74) is 1.08. The van der Waals surface area contributed by atoms with Crippen LogP contribution in [-0.2, 0) is 6.42 Å². The molecule has 0 radical (unpaired) electrons. The summed E-state index contributed by atoms with van der Waals surface area (Å²) < 4.78 is 17.8. The second-order valence-electron chi connectivity index (χ2n) is 4.90. The van der Waals surface area contributed by atoms with Crippen molar-refractivity contribution in [2.24, 2.45) is 0 Å². The Bertz CT molecular complexity index is 735. The lowest BCUT2D eigenvalue weighted by Gasteiger charge is -2.11. The van der Waals surface area contributed by atoms with Gasteiger partial charge in [-0.3, -0.25) is 10.1 Å². The fourth-order valence-electron chi connectivity index (χ4n) is 2.03. The minimum absolute atomic E-state index is 0.130. The van der Waals surface area contributed by atoms with Gasteiger partial charge < -0.3 is 15.4 Å². The first-order chi connectivity index (χ1) is 11.5. The van der Waals surface area contributed by atoms with Crippen molar-refractivity contribution in [2.75, 3.05) is 19.0 Å². The maximum Gasteiger partial charge on any atom is 0.319 e. The fourth-order valence-corrected chi connectivity index (χ4v) is 2.03. The number of hydrogen-bond acceptors (Lipinski definition) is 4. The Morgan fingerprint density at radius 3 is 2.58 bits per heavy atom. The molecule has 2 N–H and O–H groups in total. The predicted octanol–water partition coefficient (Wildman–Crippen LogP) is 3.11. The topological polar surface area (TPSA) is 93.5 Å². The summed E-state index contributed by atoms with van der Waals surface area (Å²) >= 11 is 0. The molecular weight excluding hydrogens is 317 g/mol. The summed E-state index contributed by atoms with van der Waals surface area (Å²) in [6, 6.07) is 9.45. The number of nitro groups is 1. The molecule has 0 saturated carbocycles. The third kappa shape index (κ3) is 4.67. The van der Waals surface area contributed by atoms with Crippen LogP contribution >= 0.6 is 0 Å². The van der Waals surface area contributed by atoms with Crippen molar-refractivity contribution in [1.29, 1.82) is 0 Å². The molecule has 0 atom stereocenters. The Balaban J connectivity index is 1.90. The van der Waals surface area contributed by atoms with E-state index >= 15 is 0 Å². The molecule has 24 heavy (non-hydrogen) atoms. The molecule has 8 heteroatoms. The number of hydrogen-bond donors (Lipinski definition) is 2. The first-order valence-electron chi connectivity index (χ1n) is 7.11. The van der Waals surface area contributed by atoms with Crippen molar-refractivity contribution in [3.05, 3.63) is 64.0 Å². The van der Waals surface area contributed by atoms with Gasteiger partial charge in [0.15, 0.2) is 0 Å². The SMILES string of the molecule is COc1cc([N+](=O)[O-])ccc1NC(=O)NCCc1ccc(F)cc1. The molecule has 126 valence electrons. The second kappa shape index (κ2) is 7.91. The standard InChI is InChI=1S/C16H16FN3O4/c1-24-15-10-13(20(22)23)6-7-14(15)19-16(21)18-9-8-11-2-4-12(17)5-3-11/h2-7,10H,8-9H2,1H3,(H2,18,19,21). The molecule has 2 aromatic rings. The van der Waals surface area contributed by atoms with Crippen molar-refractivity contribution in [2.45, 2.75) is 6.42 Å². The van der Waals surface area contributed by atoms with Gasteiger partial charge in [-0.25, -0.2) is 9.18 Å². The van der Waals surface area contributed by atoms with Crippen molar-refractivity contribution in [3.63, 3.8) is 0 Å². The maximum absolute atomic E-state index is 12.8. The average Bonchev–Trinajstić information content (AvgIpc) is 2.56. The van der Waals surface area contributed by atoms with Gasteiger partial charge in [0.1, 0.15) is 11.6 Å². The Kier molecular flexibility index (Phi) is 5.67.